The Labute approximate surface area is 342 Å². The molecule has 0 aromatic heterocycles. The summed E-state index contributed by atoms with van der Waals surface area (Å²) in [5.41, 5.74) is -2.71. The molecule has 0 aliphatic carbocycles. The number of hydrogen-bond donors (Lipinski definition) is 6. The van der Waals surface area contributed by atoms with E-state index in [0.717, 1.165) is 5.56 Å². The predicted molar refractivity (Wildman–Crippen MR) is 213 cm³/mol. The van der Waals surface area contributed by atoms with E-state index >= 15 is 0 Å². The summed E-state index contributed by atoms with van der Waals surface area (Å²) in [7, 11) is 3.65. The van der Waals surface area contributed by atoms with Crippen LogP contribution in [0.2, 0.25) is 0 Å². The van der Waals surface area contributed by atoms with E-state index in [4.69, 9.17) is 18.9 Å². The summed E-state index contributed by atoms with van der Waals surface area (Å²) in [5.74, 6) is -5.79. The Bertz CT molecular complexity index is 1530. The molecule has 17 nitrogen and oxygen atoms in total. The molecule has 1 amide bonds. The molecule has 2 aliphatic rings. The van der Waals surface area contributed by atoms with Gasteiger partial charge in [0.2, 0.25) is 5.91 Å². The van der Waals surface area contributed by atoms with Crippen LogP contribution in [0, 0.1) is 27.9 Å². The first-order chi connectivity index (χ1) is 26.9. The van der Waals surface area contributed by atoms with Gasteiger partial charge in [-0.15, -0.1) is 0 Å². The monoisotopic (exact) mass is 824 g/mol. The van der Waals surface area contributed by atoms with Gasteiger partial charge in [0.15, 0.2) is 12.1 Å². The number of Topliss-reactive ketones (excluding diaryl/α,β-unsaturated/α-hetero) is 1. The fourth-order valence-corrected chi connectivity index (χ4v) is 8.10. The third kappa shape index (κ3) is 12.5. The summed E-state index contributed by atoms with van der Waals surface area (Å²) < 4.78 is 25.0. The van der Waals surface area contributed by atoms with Gasteiger partial charge in [-0.05, 0) is 86.9 Å². The van der Waals surface area contributed by atoms with Crippen LogP contribution in [0.4, 0.5) is 5.69 Å². The Morgan fingerprint density at radius 3 is 2.26 bits per heavy atom. The minimum Gasteiger partial charge on any atom is -0.459 e. The lowest BCUT2D eigenvalue weighted by Gasteiger charge is -2.47. The van der Waals surface area contributed by atoms with Crippen molar-refractivity contribution in [1.82, 2.24) is 15.5 Å². The van der Waals surface area contributed by atoms with Crippen LogP contribution in [0.3, 0.4) is 0 Å². The van der Waals surface area contributed by atoms with E-state index < -0.39 is 94.4 Å². The van der Waals surface area contributed by atoms with Crippen molar-refractivity contribution >= 4 is 23.3 Å². The molecule has 3 rings (SSSR count). The lowest BCUT2D eigenvalue weighted by Crippen LogP contribution is -2.60. The van der Waals surface area contributed by atoms with Gasteiger partial charge < -0.3 is 54.9 Å². The molecule has 2 fully saturated rings. The van der Waals surface area contributed by atoms with Crippen molar-refractivity contribution in [3.05, 3.63) is 39.9 Å². The number of carbonyl (C=O) groups excluding carboxylic acids is 3. The highest BCUT2D eigenvalue weighted by Crippen LogP contribution is 2.36. The maximum atomic E-state index is 14.4. The quantitative estimate of drug-likeness (QED) is 0.0721. The van der Waals surface area contributed by atoms with E-state index in [-0.39, 0.29) is 49.9 Å². The number of hydrogen-bond acceptors (Lipinski definition) is 15. The van der Waals surface area contributed by atoms with Crippen LogP contribution in [-0.2, 0) is 39.8 Å². The number of esters is 1. The van der Waals surface area contributed by atoms with E-state index in [9.17, 15) is 44.9 Å². The zero-order valence-corrected chi connectivity index (χ0v) is 35.9. The number of aliphatic hydroxyl groups is 4. The number of carbonyl (C=O) groups is 3. The van der Waals surface area contributed by atoms with Gasteiger partial charge in [-0.25, -0.2) is 0 Å². The number of rotatable bonds is 13. The molecule has 330 valence electrons. The van der Waals surface area contributed by atoms with Gasteiger partial charge in [0.1, 0.15) is 23.7 Å². The average Bonchev–Trinajstić information content (AvgIpc) is 3.16. The molecular formula is C41H68N4O13. The van der Waals surface area contributed by atoms with Gasteiger partial charge >= 0.3 is 5.97 Å². The van der Waals surface area contributed by atoms with Crippen molar-refractivity contribution in [2.45, 2.75) is 160 Å². The normalized spacial score (nSPS) is 37.0. The first-order valence-electron chi connectivity index (χ1n) is 20.3. The second kappa shape index (κ2) is 20.9. The summed E-state index contributed by atoms with van der Waals surface area (Å²) in [6.45, 7) is 14.2. The van der Waals surface area contributed by atoms with Gasteiger partial charge in [-0.2, -0.15) is 0 Å². The smallest absolute Gasteiger partial charge is 0.316 e. The summed E-state index contributed by atoms with van der Waals surface area (Å²) in [5, 5.41) is 62.6. The summed E-state index contributed by atoms with van der Waals surface area (Å²) in [6, 6.07) is 5.01. The fraction of sp³-hybridized carbons (Fsp3) is 0.780. The van der Waals surface area contributed by atoms with E-state index in [1.807, 2.05) is 32.8 Å². The van der Waals surface area contributed by atoms with Crippen molar-refractivity contribution in [3.8, 4) is 0 Å². The Hall–Kier alpha value is -3.13. The minimum absolute atomic E-state index is 0.0111. The number of nitrogens with one attached hydrogen (secondary N) is 2. The van der Waals surface area contributed by atoms with Crippen molar-refractivity contribution in [2.75, 3.05) is 27.2 Å². The van der Waals surface area contributed by atoms with Crippen molar-refractivity contribution in [2.24, 2.45) is 17.8 Å². The lowest BCUT2D eigenvalue weighted by molar-refractivity contribution is -0.384. The molecule has 0 saturated carbocycles. The van der Waals surface area contributed by atoms with Crippen LogP contribution in [0.25, 0.3) is 0 Å². The minimum atomic E-state index is -2.06. The lowest BCUT2D eigenvalue weighted by atomic mass is 9.79. The van der Waals surface area contributed by atoms with Crippen molar-refractivity contribution in [3.63, 3.8) is 0 Å². The number of ketones is 1. The molecule has 0 spiro atoms. The molecule has 1 aromatic carbocycles. The molecule has 1 aromatic rings. The second-order valence-electron chi connectivity index (χ2n) is 17.2. The van der Waals surface area contributed by atoms with Crippen LogP contribution in [0.1, 0.15) is 87.1 Å². The highest BCUT2D eigenvalue weighted by molar-refractivity contribution is 6.00. The Kier molecular flexibility index (Phi) is 17.7. The molecule has 17 heteroatoms. The van der Waals surface area contributed by atoms with E-state index in [2.05, 4.69) is 10.6 Å². The van der Waals surface area contributed by atoms with Crippen LogP contribution < -0.4 is 10.6 Å². The molecule has 2 saturated heterocycles. The molecule has 6 N–H and O–H groups in total. The average molecular weight is 825 g/mol. The fourth-order valence-electron chi connectivity index (χ4n) is 8.10. The third-order valence-corrected chi connectivity index (χ3v) is 11.7. The molecule has 15 atom stereocenters. The van der Waals surface area contributed by atoms with Crippen LogP contribution in [0.15, 0.2) is 24.3 Å². The molecule has 1 unspecified atom stereocenters. The number of aliphatic hydroxyl groups excluding tert-OH is 3. The topological polar surface area (TPSA) is 239 Å². The maximum absolute atomic E-state index is 14.4. The number of nitrogens with zero attached hydrogens (tertiary/aromatic N) is 2. The predicted octanol–water partition coefficient (Wildman–Crippen LogP) is 1.88. The molecular weight excluding hydrogens is 756 g/mol. The standard InChI is InChI=1S/C41H68N4O13/c1-12-32-41(9,52)35(49)27(7)37(50)43-23(3)19-40(8,55-21-30(46)20-42-22(2)17-28-13-15-29(16-14-28)45(53)54)36(25(5)33(47)26(6)38(51)57-32)58-39-34(48)31(44(10)11)18-24(4)56-39/h13-16,22-27,30-32,34-36,39,42,46,48-49,52H,12,17-21H2,1-11H3,(H,43,50)/t22-,23-,24-,25+,26-,27-,30?,31+,32-,34-,35-,36-,39+,40-,41-/m1/s1. The van der Waals surface area contributed by atoms with E-state index in [1.165, 1.54) is 32.9 Å². The number of ether oxygens (including phenoxy) is 4. The van der Waals surface area contributed by atoms with Gasteiger partial charge in [-0.3, -0.25) is 24.5 Å². The van der Waals surface area contributed by atoms with Gasteiger partial charge in [0.05, 0.1) is 47.5 Å². The van der Waals surface area contributed by atoms with Crippen molar-refractivity contribution < 1.29 is 58.7 Å². The Balaban J connectivity index is 2.00. The first kappa shape index (κ1) is 49.2. The number of likely N-dealkylation sites (N-methyl/N-ethyl adjacent to an activating group) is 1. The number of amides is 1. The molecule has 2 heterocycles. The molecule has 0 bridgehead atoms. The van der Waals surface area contributed by atoms with E-state index in [0.29, 0.717) is 12.8 Å². The highest BCUT2D eigenvalue weighted by atomic mass is 16.7. The number of nitro groups is 1. The van der Waals surface area contributed by atoms with Crippen LogP contribution in [0.5, 0.6) is 0 Å². The Morgan fingerprint density at radius 1 is 1.07 bits per heavy atom. The summed E-state index contributed by atoms with van der Waals surface area (Å²) in [4.78, 5) is 54.0. The number of cyclic esters (lactones) is 1. The SMILES string of the molecule is CC[C@H]1OC(=O)[C@H](C)C(=O)[C@H](C)[C@@H](O[C@@H]2O[C@H](C)C[C@H](N(C)C)[C@H]2O)[C@](C)(OCC(O)CN[C@H](C)Cc2ccc([N+](=O)[O-])cc2)C[C@@H](C)NC(=O)[C@H](C)[C@@H](O)[C@]1(C)O. The second-order valence-corrected chi connectivity index (χ2v) is 17.2. The Morgan fingerprint density at radius 2 is 1.69 bits per heavy atom. The molecule has 58 heavy (non-hydrogen) atoms. The number of non-ortho nitro benzene ring substituents is 1. The summed E-state index contributed by atoms with van der Waals surface area (Å²) in [6.07, 6.45) is -6.90. The molecule has 2 aliphatic heterocycles. The van der Waals surface area contributed by atoms with Gasteiger partial charge in [0.25, 0.3) is 5.69 Å². The third-order valence-electron chi connectivity index (χ3n) is 11.7. The van der Waals surface area contributed by atoms with Gasteiger partial charge in [-0.1, -0.05) is 32.9 Å². The van der Waals surface area contributed by atoms with Crippen LogP contribution in [-0.4, -0.2) is 147 Å². The zero-order valence-electron chi connectivity index (χ0n) is 35.9. The number of benzene rings is 1. The molecule has 0 radical (unpaired) electrons. The zero-order chi connectivity index (χ0) is 43.9. The van der Waals surface area contributed by atoms with Crippen molar-refractivity contribution in [1.29, 1.82) is 0 Å². The van der Waals surface area contributed by atoms with E-state index in [1.54, 1.807) is 39.8 Å². The van der Waals surface area contributed by atoms with Gasteiger partial charge in [0, 0.05) is 42.7 Å². The maximum Gasteiger partial charge on any atom is 0.316 e. The van der Waals surface area contributed by atoms with Crippen LogP contribution >= 0.6 is 0 Å². The summed E-state index contributed by atoms with van der Waals surface area (Å²) >= 11 is 0. The number of nitro benzene ring substituents is 1. The first-order valence-corrected chi connectivity index (χ1v) is 20.3. The largest absolute Gasteiger partial charge is 0.459 e. The highest BCUT2D eigenvalue weighted by Gasteiger charge is 2.51.